The molecule has 0 unspecified atom stereocenters. The molecule has 0 amide bonds. The lowest BCUT2D eigenvalue weighted by atomic mass is 10.1. The molecule has 0 atom stereocenters. The van der Waals surface area contributed by atoms with Crippen LogP contribution in [0, 0.1) is 6.01 Å². The molecule has 0 saturated carbocycles. The second-order valence-electron chi connectivity index (χ2n) is 3.89. The maximum Gasteiger partial charge on any atom is 0.282 e. The van der Waals surface area contributed by atoms with Crippen molar-refractivity contribution < 1.29 is 18.3 Å². The van der Waals surface area contributed by atoms with E-state index in [-0.39, 0.29) is 0 Å². The van der Waals surface area contributed by atoms with Crippen LogP contribution in [0.3, 0.4) is 0 Å². The van der Waals surface area contributed by atoms with Gasteiger partial charge in [-0.2, -0.15) is 4.39 Å². The predicted octanol–water partition coefficient (Wildman–Crippen LogP) is 3.51. The zero-order chi connectivity index (χ0) is 13.0. The smallest absolute Gasteiger partial charge is 0.282 e. The Labute approximate surface area is 105 Å². The van der Waals surface area contributed by atoms with Gasteiger partial charge in [0.15, 0.2) is 6.29 Å². The first kappa shape index (κ1) is 13.1. The van der Waals surface area contributed by atoms with E-state index in [2.05, 4.69) is 0 Å². The molecule has 2 rings (SSSR count). The Bertz CT molecular complexity index is 501. The topological polar surface area (TPSA) is 31.6 Å². The van der Waals surface area contributed by atoms with Gasteiger partial charge in [0.2, 0.25) is 0 Å². The molecule has 1 aromatic heterocycles. The van der Waals surface area contributed by atoms with Gasteiger partial charge in [0, 0.05) is 30.6 Å². The molecule has 0 fully saturated rings. The van der Waals surface area contributed by atoms with Crippen LogP contribution in [0.15, 0.2) is 28.7 Å². The molecular formula is C14H17FO3. The lowest BCUT2D eigenvalue weighted by molar-refractivity contribution is -0.134. The van der Waals surface area contributed by atoms with Gasteiger partial charge in [-0.25, -0.2) is 0 Å². The summed E-state index contributed by atoms with van der Waals surface area (Å²) in [4.78, 5) is 0. The molecule has 0 bridgehead atoms. The molecule has 0 N–H and O–H groups in total. The largest absolute Gasteiger partial charge is 0.431 e. The lowest BCUT2D eigenvalue weighted by Gasteiger charge is -2.16. The first-order valence-corrected chi connectivity index (χ1v) is 6.15. The van der Waals surface area contributed by atoms with Crippen LogP contribution in [0.4, 0.5) is 4.39 Å². The Morgan fingerprint density at radius 1 is 1.17 bits per heavy atom. The maximum absolute atomic E-state index is 13.8. The summed E-state index contributed by atoms with van der Waals surface area (Å²) in [6.45, 7) is 4.83. The van der Waals surface area contributed by atoms with Gasteiger partial charge >= 0.3 is 0 Å². The van der Waals surface area contributed by atoms with Crippen LogP contribution in [-0.2, 0) is 15.9 Å². The first-order chi connectivity index (χ1) is 8.76. The summed E-state index contributed by atoms with van der Waals surface area (Å²) >= 11 is 0. The van der Waals surface area contributed by atoms with E-state index >= 15 is 0 Å². The van der Waals surface area contributed by atoms with Crippen LogP contribution in [0.5, 0.6) is 0 Å². The number of benzene rings is 1. The van der Waals surface area contributed by atoms with Crippen molar-refractivity contribution in [1.29, 1.82) is 0 Å². The van der Waals surface area contributed by atoms with Gasteiger partial charge < -0.3 is 13.9 Å². The highest BCUT2D eigenvalue weighted by molar-refractivity contribution is 5.81. The van der Waals surface area contributed by atoms with Crippen molar-refractivity contribution in [2.45, 2.75) is 26.6 Å². The van der Waals surface area contributed by atoms with E-state index in [4.69, 9.17) is 13.9 Å². The summed E-state index contributed by atoms with van der Waals surface area (Å²) in [5.74, 6) is 0. The van der Waals surface area contributed by atoms with Gasteiger partial charge in [0.05, 0.1) is 0 Å². The zero-order valence-electron chi connectivity index (χ0n) is 10.6. The number of rotatable bonds is 6. The molecule has 98 valence electrons. The second kappa shape index (κ2) is 5.98. The van der Waals surface area contributed by atoms with Crippen LogP contribution >= 0.6 is 0 Å². The van der Waals surface area contributed by atoms with E-state index in [1.165, 1.54) is 0 Å². The van der Waals surface area contributed by atoms with Crippen molar-refractivity contribution in [3.63, 3.8) is 0 Å². The molecule has 3 nitrogen and oxygen atoms in total. The number of para-hydroxylation sites is 1. The van der Waals surface area contributed by atoms with Crippen molar-refractivity contribution in [2.24, 2.45) is 0 Å². The molecule has 0 aliphatic rings. The van der Waals surface area contributed by atoms with E-state index in [9.17, 15) is 4.39 Å². The molecule has 0 aliphatic heterocycles. The van der Waals surface area contributed by atoms with Gasteiger partial charge in [-0.1, -0.05) is 18.2 Å². The first-order valence-electron chi connectivity index (χ1n) is 6.15. The molecule has 0 saturated heterocycles. The number of fused-ring (bicyclic) bond motifs is 1. The number of halogens is 1. The third-order valence-electron chi connectivity index (χ3n) is 2.72. The highest BCUT2D eigenvalue weighted by Gasteiger charge is 2.18. The second-order valence-corrected chi connectivity index (χ2v) is 3.89. The quantitative estimate of drug-likeness (QED) is 0.737. The highest BCUT2D eigenvalue weighted by Crippen LogP contribution is 2.26. The Morgan fingerprint density at radius 2 is 1.83 bits per heavy atom. The zero-order valence-corrected chi connectivity index (χ0v) is 10.6. The van der Waals surface area contributed by atoms with E-state index in [0.717, 1.165) is 5.39 Å². The summed E-state index contributed by atoms with van der Waals surface area (Å²) in [5, 5.41) is 0.777. The lowest BCUT2D eigenvalue weighted by Crippen LogP contribution is -2.20. The van der Waals surface area contributed by atoms with Crippen LogP contribution in [0.25, 0.3) is 11.0 Å². The van der Waals surface area contributed by atoms with Crippen molar-refractivity contribution in [2.75, 3.05) is 13.2 Å². The predicted molar refractivity (Wildman–Crippen MR) is 66.9 cm³/mol. The number of furan rings is 1. The standard InChI is InChI=1S/C14H17FO3/c1-3-16-13(17-4-2)9-11-10-7-5-6-8-12(10)18-14(11)15/h5-8,13H,3-4,9H2,1-2H3. The van der Waals surface area contributed by atoms with Gasteiger partial charge in [-0.15, -0.1) is 0 Å². The minimum atomic E-state index is -0.555. The fraction of sp³-hybridized carbons (Fsp3) is 0.429. The molecule has 0 radical (unpaired) electrons. The number of hydrogen-bond donors (Lipinski definition) is 0. The summed E-state index contributed by atoms with van der Waals surface area (Å²) in [7, 11) is 0. The molecule has 2 aromatic rings. The van der Waals surface area contributed by atoms with E-state index < -0.39 is 12.3 Å². The third-order valence-corrected chi connectivity index (χ3v) is 2.72. The summed E-state index contributed by atoms with van der Waals surface area (Å²) in [5.41, 5.74) is 1.06. The average molecular weight is 252 g/mol. The fourth-order valence-corrected chi connectivity index (χ4v) is 1.96. The normalized spacial score (nSPS) is 11.6. The van der Waals surface area contributed by atoms with Crippen LogP contribution in [-0.4, -0.2) is 19.5 Å². The van der Waals surface area contributed by atoms with Crippen LogP contribution in [0.1, 0.15) is 19.4 Å². The Balaban J connectivity index is 2.26. The third kappa shape index (κ3) is 2.71. The average Bonchev–Trinajstić information content (AvgIpc) is 2.67. The molecule has 1 heterocycles. The van der Waals surface area contributed by atoms with Gasteiger partial charge in [0.1, 0.15) is 5.58 Å². The van der Waals surface area contributed by atoms with Crippen molar-refractivity contribution in [1.82, 2.24) is 0 Å². The van der Waals surface area contributed by atoms with Crippen molar-refractivity contribution in [3.05, 3.63) is 35.8 Å². The van der Waals surface area contributed by atoms with Gasteiger partial charge in [0.25, 0.3) is 6.01 Å². The van der Waals surface area contributed by atoms with Crippen LogP contribution < -0.4 is 0 Å². The van der Waals surface area contributed by atoms with Crippen molar-refractivity contribution >= 4 is 11.0 Å². The summed E-state index contributed by atoms with van der Waals surface area (Å²) in [6.07, 6.45) is -0.0830. The molecular weight excluding hydrogens is 235 g/mol. The Morgan fingerprint density at radius 3 is 2.50 bits per heavy atom. The SMILES string of the molecule is CCOC(Cc1c(F)oc2ccccc12)OCC. The molecule has 0 aliphatic carbocycles. The Hall–Kier alpha value is -1.39. The van der Waals surface area contributed by atoms with E-state index in [1.54, 1.807) is 6.07 Å². The summed E-state index contributed by atoms with van der Waals surface area (Å²) < 4.78 is 29.7. The van der Waals surface area contributed by atoms with Gasteiger partial charge in [-0.05, 0) is 19.9 Å². The van der Waals surface area contributed by atoms with Gasteiger partial charge in [-0.3, -0.25) is 0 Å². The molecule has 1 aromatic carbocycles. The summed E-state index contributed by atoms with van der Waals surface area (Å²) in [6, 6.07) is 6.71. The fourth-order valence-electron chi connectivity index (χ4n) is 1.96. The van der Waals surface area contributed by atoms with Crippen LogP contribution in [0.2, 0.25) is 0 Å². The molecule has 18 heavy (non-hydrogen) atoms. The minimum Gasteiger partial charge on any atom is -0.431 e. The molecule has 4 heteroatoms. The number of hydrogen-bond acceptors (Lipinski definition) is 3. The van der Waals surface area contributed by atoms with E-state index in [1.807, 2.05) is 32.0 Å². The maximum atomic E-state index is 13.8. The van der Waals surface area contributed by atoms with E-state index in [0.29, 0.717) is 30.8 Å². The van der Waals surface area contributed by atoms with Crippen molar-refractivity contribution in [3.8, 4) is 0 Å². The Kier molecular flexibility index (Phi) is 4.33. The molecule has 0 spiro atoms. The number of ether oxygens (including phenoxy) is 2. The highest BCUT2D eigenvalue weighted by atomic mass is 19.1. The monoisotopic (exact) mass is 252 g/mol. The minimum absolute atomic E-state index is 0.352.